The summed E-state index contributed by atoms with van der Waals surface area (Å²) in [6, 6.07) is 0.733. The van der Waals surface area contributed by atoms with Crippen molar-refractivity contribution < 1.29 is 38.0 Å². The van der Waals surface area contributed by atoms with Gasteiger partial charge in [0.2, 0.25) is 0 Å². The molecule has 0 aromatic carbocycles. The van der Waals surface area contributed by atoms with Crippen molar-refractivity contribution >= 4 is 5.97 Å². The van der Waals surface area contributed by atoms with Crippen LogP contribution in [0.2, 0.25) is 0 Å². The van der Waals surface area contributed by atoms with E-state index in [2.05, 4.69) is 14.0 Å². The number of quaternary nitrogens is 1. The van der Waals surface area contributed by atoms with Crippen LogP contribution in [-0.4, -0.2) is 43.2 Å². The van der Waals surface area contributed by atoms with Crippen LogP contribution in [0.1, 0.15) is 129 Å². The Morgan fingerprint density at radius 1 is 0.774 bits per heavy atom. The summed E-state index contributed by atoms with van der Waals surface area (Å²) in [5.74, 6) is 0.647. The van der Waals surface area contributed by atoms with Gasteiger partial charge in [-0.1, -0.05) is 84.0 Å². The van der Waals surface area contributed by atoms with Gasteiger partial charge in [-0.25, -0.2) is 0 Å². The number of carbonyl (C=O) groups is 1. The van der Waals surface area contributed by atoms with Gasteiger partial charge in [0, 0.05) is 18.8 Å². The lowest BCUT2D eigenvalue weighted by atomic mass is 9.82. The molecule has 0 bridgehead atoms. The van der Waals surface area contributed by atoms with Gasteiger partial charge < -0.3 is 33.2 Å². The van der Waals surface area contributed by atoms with Crippen molar-refractivity contribution in [2.45, 2.75) is 135 Å². The molecule has 3 nitrogen and oxygen atoms in total. The highest BCUT2D eigenvalue weighted by Crippen LogP contribution is 2.36. The Bertz CT molecular complexity index is 455. The average molecular weight is 550 g/mol. The number of piperidine rings is 2. The van der Waals surface area contributed by atoms with E-state index >= 15 is 0 Å². The first-order valence-electron chi connectivity index (χ1n) is 13.7. The summed E-state index contributed by atoms with van der Waals surface area (Å²) >= 11 is 0. The van der Waals surface area contributed by atoms with E-state index in [-0.39, 0.29) is 29.9 Å². The second-order valence-corrected chi connectivity index (χ2v) is 10.6. The van der Waals surface area contributed by atoms with Crippen LogP contribution in [0.4, 0.5) is 0 Å². The van der Waals surface area contributed by atoms with Crippen molar-refractivity contribution in [2.24, 2.45) is 5.92 Å². The summed E-state index contributed by atoms with van der Waals surface area (Å²) in [7, 11) is 2.44. The maximum absolute atomic E-state index is 12.2. The fraction of sp³-hybridized carbons (Fsp3) is 0.963. The van der Waals surface area contributed by atoms with Crippen LogP contribution >= 0.6 is 0 Å². The lowest BCUT2D eigenvalue weighted by Gasteiger charge is -2.51. The molecule has 4 heteroatoms. The molecular formula is C27H52INO2. The molecule has 0 aliphatic carbocycles. The molecule has 184 valence electrons. The third-order valence-corrected chi connectivity index (χ3v) is 7.95. The topological polar surface area (TPSA) is 26.3 Å². The zero-order chi connectivity index (χ0) is 21.5. The SMILES string of the molecule is CCCCCCCCCCCCCCCC(=O)OC[C@@H]1CCC[N+]2(C)CCCC[C@H]12.[I-]. The van der Waals surface area contributed by atoms with Crippen molar-refractivity contribution in [3.63, 3.8) is 0 Å². The molecular weight excluding hydrogens is 497 g/mol. The zero-order valence-corrected chi connectivity index (χ0v) is 23.0. The van der Waals surface area contributed by atoms with Gasteiger partial charge in [-0.15, -0.1) is 0 Å². The first-order chi connectivity index (χ1) is 14.7. The third-order valence-electron chi connectivity index (χ3n) is 7.95. The maximum Gasteiger partial charge on any atom is 0.305 e. The van der Waals surface area contributed by atoms with Crippen molar-refractivity contribution in [3.05, 3.63) is 0 Å². The highest BCUT2D eigenvalue weighted by Gasteiger charge is 2.43. The van der Waals surface area contributed by atoms with Crippen molar-refractivity contribution in [1.29, 1.82) is 0 Å². The van der Waals surface area contributed by atoms with Gasteiger partial charge in [0.25, 0.3) is 0 Å². The third kappa shape index (κ3) is 11.7. The molecule has 0 amide bonds. The highest BCUT2D eigenvalue weighted by molar-refractivity contribution is 5.69. The number of unbranched alkanes of at least 4 members (excludes halogenated alkanes) is 12. The summed E-state index contributed by atoms with van der Waals surface area (Å²) in [5, 5.41) is 0. The van der Waals surface area contributed by atoms with E-state index in [4.69, 9.17) is 4.74 Å². The van der Waals surface area contributed by atoms with Gasteiger partial charge in [0.05, 0.1) is 32.8 Å². The molecule has 0 spiro atoms. The van der Waals surface area contributed by atoms with E-state index < -0.39 is 0 Å². The van der Waals surface area contributed by atoms with E-state index in [0.717, 1.165) is 12.5 Å². The van der Waals surface area contributed by atoms with Gasteiger partial charge in [-0.2, -0.15) is 0 Å². The van der Waals surface area contributed by atoms with Crippen molar-refractivity contribution in [1.82, 2.24) is 0 Å². The summed E-state index contributed by atoms with van der Waals surface area (Å²) in [6.07, 6.45) is 24.7. The monoisotopic (exact) mass is 549 g/mol. The average Bonchev–Trinajstić information content (AvgIpc) is 2.75. The first kappa shape index (κ1) is 29.2. The molecule has 1 unspecified atom stereocenters. The van der Waals surface area contributed by atoms with Gasteiger partial charge in [-0.3, -0.25) is 4.79 Å². The summed E-state index contributed by atoms with van der Waals surface area (Å²) in [6.45, 7) is 5.61. The molecule has 2 saturated heterocycles. The largest absolute Gasteiger partial charge is 1.00 e. The van der Waals surface area contributed by atoms with Gasteiger partial charge in [0.15, 0.2) is 0 Å². The predicted molar refractivity (Wildman–Crippen MR) is 128 cm³/mol. The number of carbonyl (C=O) groups excluding carboxylic acids is 1. The molecule has 2 aliphatic rings. The molecule has 3 atom stereocenters. The number of ether oxygens (including phenoxy) is 1. The van der Waals surface area contributed by atoms with E-state index in [9.17, 15) is 4.79 Å². The minimum absolute atomic E-state index is 0. The van der Waals surface area contributed by atoms with Gasteiger partial charge in [-0.05, 0) is 32.1 Å². The minimum atomic E-state index is 0. The van der Waals surface area contributed by atoms with E-state index in [1.54, 1.807) is 0 Å². The van der Waals surface area contributed by atoms with Crippen LogP contribution < -0.4 is 24.0 Å². The molecule has 2 fully saturated rings. The van der Waals surface area contributed by atoms with E-state index in [0.29, 0.717) is 18.9 Å². The van der Waals surface area contributed by atoms with Crippen molar-refractivity contribution in [2.75, 3.05) is 26.7 Å². The number of nitrogens with zero attached hydrogens (tertiary/aromatic N) is 1. The number of rotatable bonds is 16. The fourth-order valence-corrected chi connectivity index (χ4v) is 5.99. The van der Waals surface area contributed by atoms with Crippen LogP contribution in [0.3, 0.4) is 0 Å². The second-order valence-electron chi connectivity index (χ2n) is 10.6. The smallest absolute Gasteiger partial charge is 0.305 e. The van der Waals surface area contributed by atoms with Crippen LogP contribution in [0, 0.1) is 5.92 Å². The Labute approximate surface area is 211 Å². The number of fused-ring (bicyclic) bond motifs is 1. The zero-order valence-electron chi connectivity index (χ0n) is 20.9. The fourth-order valence-electron chi connectivity index (χ4n) is 5.99. The quantitative estimate of drug-likeness (QED) is 0.123. The van der Waals surface area contributed by atoms with Crippen LogP contribution in [0.5, 0.6) is 0 Å². The Morgan fingerprint density at radius 3 is 1.94 bits per heavy atom. The summed E-state index contributed by atoms with van der Waals surface area (Å²) in [4.78, 5) is 12.2. The Balaban J connectivity index is 0.00000480. The van der Waals surface area contributed by atoms with Crippen molar-refractivity contribution in [3.8, 4) is 0 Å². The molecule has 0 radical (unpaired) electrons. The number of hydrogen-bond acceptors (Lipinski definition) is 2. The maximum atomic E-state index is 12.2. The Morgan fingerprint density at radius 2 is 1.32 bits per heavy atom. The molecule has 2 rings (SSSR count). The standard InChI is InChI=1S/C27H52NO2.HI/c1-3-4-5-6-7-8-9-10-11-12-13-14-15-21-27(29)30-24-25-19-18-23-28(2)22-17-16-20-26(25)28;/h25-26H,3-24H2,1-2H3;1H/q+1;/p-1/t25-,26+,28?;/m0./s1. The minimum Gasteiger partial charge on any atom is -1.00 e. The van der Waals surface area contributed by atoms with Gasteiger partial charge >= 0.3 is 5.97 Å². The number of halogens is 1. The molecule has 2 heterocycles. The molecule has 0 aromatic rings. The van der Waals surface area contributed by atoms with Crippen LogP contribution in [0.25, 0.3) is 0 Å². The summed E-state index contributed by atoms with van der Waals surface area (Å²) in [5.41, 5.74) is 0. The van der Waals surface area contributed by atoms with E-state index in [1.165, 1.54) is 127 Å². The van der Waals surface area contributed by atoms with Gasteiger partial charge in [0.1, 0.15) is 0 Å². The lowest BCUT2D eigenvalue weighted by Crippen LogP contribution is -3.00. The summed E-state index contributed by atoms with van der Waals surface area (Å²) < 4.78 is 6.97. The Hall–Kier alpha value is 0.160. The first-order valence-corrected chi connectivity index (χ1v) is 13.7. The predicted octanol–water partition coefficient (Wildman–Crippen LogP) is 4.42. The van der Waals surface area contributed by atoms with E-state index in [1.807, 2.05) is 0 Å². The van der Waals surface area contributed by atoms with Crippen LogP contribution in [-0.2, 0) is 9.53 Å². The molecule has 2 aliphatic heterocycles. The normalized spacial score (nSPS) is 25.5. The highest BCUT2D eigenvalue weighted by atomic mass is 127. The molecule has 0 N–H and O–H groups in total. The second kappa shape index (κ2) is 17.6. The molecule has 0 aromatic heterocycles. The number of hydrogen-bond donors (Lipinski definition) is 0. The Kier molecular flexibility index (Phi) is 16.6. The molecule has 0 saturated carbocycles. The molecule has 31 heavy (non-hydrogen) atoms. The number of esters is 1. The van der Waals surface area contributed by atoms with Crippen LogP contribution in [0.15, 0.2) is 0 Å². The lowest BCUT2D eigenvalue weighted by molar-refractivity contribution is -0.947.